The highest BCUT2D eigenvalue weighted by atomic mass is 35.5. The van der Waals surface area contributed by atoms with Crippen LogP contribution in [0, 0.1) is 17.5 Å². The number of ether oxygens (including phenoxy) is 1. The molecule has 1 fully saturated rings. The molecule has 1 saturated heterocycles. The Bertz CT molecular complexity index is 1630. The fourth-order valence-electron chi connectivity index (χ4n) is 5.03. The van der Waals surface area contributed by atoms with E-state index in [1.807, 2.05) is 18.7 Å². The minimum absolute atomic E-state index is 0.0319. The van der Waals surface area contributed by atoms with E-state index in [0.29, 0.717) is 37.4 Å². The monoisotopic (exact) mass is 573 g/mol. The highest BCUT2D eigenvalue weighted by Gasteiger charge is 2.28. The molecule has 1 atom stereocenters. The van der Waals surface area contributed by atoms with Gasteiger partial charge in [0.15, 0.2) is 5.82 Å². The van der Waals surface area contributed by atoms with Crippen molar-refractivity contribution in [1.82, 2.24) is 24.8 Å². The molecule has 3 heterocycles. The molecular weight excluding hydrogens is 547 g/mol. The topological polar surface area (TPSA) is 91.7 Å². The lowest BCUT2D eigenvalue weighted by molar-refractivity contribution is 0.0155. The number of benzene rings is 2. The summed E-state index contributed by atoms with van der Waals surface area (Å²) in [6.45, 7) is 5.64. The van der Waals surface area contributed by atoms with Crippen LogP contribution in [0.3, 0.4) is 0 Å². The van der Waals surface area contributed by atoms with E-state index in [1.54, 1.807) is 0 Å². The lowest BCUT2D eigenvalue weighted by Gasteiger charge is -2.35. The maximum Gasteiger partial charge on any atom is 0.275 e. The van der Waals surface area contributed by atoms with Gasteiger partial charge in [-0.15, -0.1) is 5.10 Å². The van der Waals surface area contributed by atoms with Crippen LogP contribution in [0.15, 0.2) is 47.4 Å². The standard InChI is InChI=1S/C28H27ClF3N5O3/c1-15(2)24-19(14-37-25(24)28(39)34-26(35-37)16-3-6-20(29)22(32)11-16)27(38)33-13-23(36-7-9-40-10-8-36)18-5-4-17(30)12-21(18)31/h3-6,11-12,14-15,23H,7-10,13H2,1-2H3,(H,33,38)(H,34,35,39). The van der Waals surface area contributed by atoms with E-state index in [4.69, 9.17) is 16.3 Å². The van der Waals surface area contributed by atoms with E-state index in [9.17, 15) is 22.8 Å². The van der Waals surface area contributed by atoms with Crippen molar-refractivity contribution in [2.24, 2.45) is 0 Å². The molecule has 0 aliphatic carbocycles. The van der Waals surface area contributed by atoms with Crippen LogP contribution in [0.2, 0.25) is 5.02 Å². The Hall–Kier alpha value is -3.67. The van der Waals surface area contributed by atoms with Crippen molar-refractivity contribution in [3.63, 3.8) is 0 Å². The van der Waals surface area contributed by atoms with Crippen LogP contribution in [0.4, 0.5) is 13.2 Å². The lowest BCUT2D eigenvalue weighted by atomic mass is 9.99. The van der Waals surface area contributed by atoms with Gasteiger partial charge in [-0.25, -0.2) is 17.7 Å². The van der Waals surface area contributed by atoms with E-state index in [0.717, 1.165) is 12.1 Å². The molecule has 0 saturated carbocycles. The quantitative estimate of drug-likeness (QED) is 0.335. The number of nitrogens with one attached hydrogen (secondary N) is 2. The molecule has 4 aromatic rings. The van der Waals surface area contributed by atoms with Gasteiger partial charge in [0, 0.05) is 48.6 Å². The van der Waals surface area contributed by atoms with E-state index in [1.165, 1.54) is 35.0 Å². The first-order valence-electron chi connectivity index (χ1n) is 12.8. The highest BCUT2D eigenvalue weighted by Crippen LogP contribution is 2.28. The summed E-state index contributed by atoms with van der Waals surface area (Å²) in [6.07, 6.45) is 1.45. The second kappa shape index (κ2) is 11.4. The molecule has 210 valence electrons. The summed E-state index contributed by atoms with van der Waals surface area (Å²) >= 11 is 5.78. The number of carbonyl (C=O) groups is 1. The summed E-state index contributed by atoms with van der Waals surface area (Å²) < 4.78 is 49.2. The van der Waals surface area contributed by atoms with Crippen LogP contribution < -0.4 is 10.9 Å². The smallest absolute Gasteiger partial charge is 0.275 e. The molecule has 1 aliphatic heterocycles. The summed E-state index contributed by atoms with van der Waals surface area (Å²) in [6, 6.07) is 6.87. The van der Waals surface area contributed by atoms with Gasteiger partial charge in [-0.05, 0) is 30.2 Å². The zero-order valence-corrected chi connectivity index (χ0v) is 22.6. The molecule has 40 heavy (non-hydrogen) atoms. The van der Waals surface area contributed by atoms with E-state index in [2.05, 4.69) is 15.4 Å². The molecule has 2 N–H and O–H groups in total. The van der Waals surface area contributed by atoms with Crippen molar-refractivity contribution in [3.05, 3.63) is 92.1 Å². The molecule has 2 aromatic heterocycles. The Morgan fingerprint density at radius 1 is 1.12 bits per heavy atom. The van der Waals surface area contributed by atoms with Gasteiger partial charge in [0.05, 0.1) is 29.8 Å². The zero-order chi connectivity index (χ0) is 28.6. The average Bonchev–Trinajstić information content (AvgIpc) is 3.32. The van der Waals surface area contributed by atoms with Crippen molar-refractivity contribution in [1.29, 1.82) is 0 Å². The third kappa shape index (κ3) is 5.49. The molecule has 0 radical (unpaired) electrons. The van der Waals surface area contributed by atoms with Gasteiger partial charge in [0.1, 0.15) is 23.0 Å². The van der Waals surface area contributed by atoms with Crippen LogP contribution in [-0.4, -0.2) is 58.3 Å². The normalized spacial score (nSPS) is 15.1. The van der Waals surface area contributed by atoms with Gasteiger partial charge in [0.2, 0.25) is 0 Å². The fourth-order valence-corrected chi connectivity index (χ4v) is 5.15. The Labute approximate surface area is 232 Å². The van der Waals surface area contributed by atoms with Crippen LogP contribution in [-0.2, 0) is 4.74 Å². The molecule has 8 nitrogen and oxygen atoms in total. The molecule has 1 aliphatic rings. The number of rotatable bonds is 7. The van der Waals surface area contributed by atoms with Gasteiger partial charge in [0.25, 0.3) is 11.5 Å². The number of morpholine rings is 1. The van der Waals surface area contributed by atoms with Gasteiger partial charge >= 0.3 is 0 Å². The van der Waals surface area contributed by atoms with E-state index >= 15 is 0 Å². The highest BCUT2D eigenvalue weighted by molar-refractivity contribution is 6.30. The summed E-state index contributed by atoms with van der Waals surface area (Å²) in [5, 5.41) is 7.23. The largest absolute Gasteiger partial charge is 0.379 e. The first kappa shape index (κ1) is 27.9. The number of H-pyrrole nitrogens is 1. The third-order valence-corrected chi connectivity index (χ3v) is 7.27. The number of aromatic nitrogens is 3. The summed E-state index contributed by atoms with van der Waals surface area (Å²) in [4.78, 5) is 31.3. The average molecular weight is 574 g/mol. The first-order valence-corrected chi connectivity index (χ1v) is 13.2. The Morgan fingerprint density at radius 2 is 1.88 bits per heavy atom. The molecule has 0 bridgehead atoms. The molecule has 1 amide bonds. The van der Waals surface area contributed by atoms with Crippen molar-refractivity contribution in [2.45, 2.75) is 25.8 Å². The van der Waals surface area contributed by atoms with Crippen LogP contribution in [0.25, 0.3) is 16.9 Å². The van der Waals surface area contributed by atoms with E-state index < -0.39 is 35.0 Å². The van der Waals surface area contributed by atoms with Crippen LogP contribution >= 0.6 is 11.6 Å². The maximum absolute atomic E-state index is 14.8. The second-order valence-corrected chi connectivity index (χ2v) is 10.3. The molecule has 2 aromatic carbocycles. The zero-order valence-electron chi connectivity index (χ0n) is 21.8. The van der Waals surface area contributed by atoms with Crippen molar-refractivity contribution < 1.29 is 22.7 Å². The second-order valence-electron chi connectivity index (χ2n) is 9.88. The Balaban J connectivity index is 1.48. The molecule has 0 spiro atoms. The third-order valence-electron chi connectivity index (χ3n) is 6.96. The predicted molar refractivity (Wildman–Crippen MR) is 144 cm³/mol. The van der Waals surface area contributed by atoms with Crippen LogP contribution in [0.5, 0.6) is 0 Å². The number of hydrogen-bond donors (Lipinski definition) is 2. The number of carbonyl (C=O) groups excluding carboxylic acids is 1. The van der Waals surface area contributed by atoms with Crippen molar-refractivity contribution in [3.8, 4) is 11.4 Å². The molecule has 1 unspecified atom stereocenters. The van der Waals surface area contributed by atoms with Gasteiger partial charge in [-0.2, -0.15) is 0 Å². The van der Waals surface area contributed by atoms with Gasteiger partial charge in [-0.3, -0.25) is 14.5 Å². The minimum Gasteiger partial charge on any atom is -0.379 e. The molecule has 12 heteroatoms. The molecule has 5 rings (SSSR count). The number of amides is 1. The Morgan fingerprint density at radius 3 is 2.55 bits per heavy atom. The minimum atomic E-state index is -0.704. The van der Waals surface area contributed by atoms with Crippen molar-refractivity contribution >= 4 is 23.0 Å². The summed E-state index contributed by atoms with van der Waals surface area (Å²) in [5.41, 5.74) is 0.966. The predicted octanol–water partition coefficient (Wildman–Crippen LogP) is 4.69. The number of halogens is 4. The van der Waals surface area contributed by atoms with Gasteiger partial charge < -0.3 is 15.0 Å². The van der Waals surface area contributed by atoms with Crippen molar-refractivity contribution in [2.75, 3.05) is 32.8 Å². The Kier molecular flexibility index (Phi) is 7.97. The van der Waals surface area contributed by atoms with Gasteiger partial charge in [-0.1, -0.05) is 31.5 Å². The number of fused-ring (bicyclic) bond motifs is 1. The van der Waals surface area contributed by atoms with E-state index in [-0.39, 0.29) is 40.0 Å². The number of nitrogens with zero attached hydrogens (tertiary/aromatic N) is 3. The number of hydrogen-bond acceptors (Lipinski definition) is 5. The maximum atomic E-state index is 14.8. The summed E-state index contributed by atoms with van der Waals surface area (Å²) in [5.74, 6) is -2.66. The fraction of sp³-hybridized carbons (Fsp3) is 0.321. The van der Waals surface area contributed by atoms with Crippen LogP contribution in [0.1, 0.15) is 47.3 Å². The summed E-state index contributed by atoms with van der Waals surface area (Å²) in [7, 11) is 0. The number of aromatic amines is 1. The lowest BCUT2D eigenvalue weighted by Crippen LogP contribution is -2.44. The SMILES string of the molecule is CC(C)c1c(C(=O)NCC(c2ccc(F)cc2F)N2CCOCC2)cn2nc(-c3ccc(Cl)c(F)c3)[nH]c(=O)c12. The molecular formula is C28H27ClF3N5O3. The first-order chi connectivity index (χ1) is 19.1.